The van der Waals surface area contributed by atoms with E-state index >= 15 is 4.79 Å². The molecule has 2 N–H and O–H groups in total. The van der Waals surface area contributed by atoms with Crippen LogP contribution in [-0.4, -0.2) is 53.5 Å². The summed E-state index contributed by atoms with van der Waals surface area (Å²) in [5.74, 6) is 2.34. The zero-order valence-electron chi connectivity index (χ0n) is 32.2. The lowest BCUT2D eigenvalue weighted by Gasteiger charge is -2.71. The Hall–Kier alpha value is -2.14. The summed E-state index contributed by atoms with van der Waals surface area (Å²) in [4.78, 5) is 16.0. The number of hydrogen-bond donors (Lipinski definition) is 2. The monoisotopic (exact) mass is 797 g/mol. The minimum Gasteiger partial charge on any atom is -0.393 e. The van der Waals surface area contributed by atoms with Crippen molar-refractivity contribution < 1.29 is 23.4 Å². The average Bonchev–Trinajstić information content (AvgIpc) is 3.89. The predicted molar refractivity (Wildman–Crippen MR) is 218 cm³/mol. The Bertz CT molecular complexity index is 2190. The molecule has 3 aromatic rings. The van der Waals surface area contributed by atoms with Crippen LogP contribution in [0.1, 0.15) is 107 Å². The maximum absolute atomic E-state index is 15.2. The fourth-order valence-corrected chi connectivity index (χ4v) is 19.5. The molecular weight excluding hydrogens is 743 g/mol. The second-order valence-electron chi connectivity index (χ2n) is 20.4. The lowest BCUT2D eigenvalue weighted by atomic mass is 9.32. The third-order valence-electron chi connectivity index (χ3n) is 17.8. The minimum absolute atomic E-state index is 0.0176. The van der Waals surface area contributed by atoms with Gasteiger partial charge in [-0.15, -0.1) is 22.7 Å². The fraction of sp³-hybridized carbons (Fsp3) is 0.630. The molecule has 7 saturated carbocycles. The highest BCUT2D eigenvalue weighted by atomic mass is 32.2. The number of carbonyl (C=O) groups is 1. The number of fused-ring (bicyclic) bond motifs is 2. The van der Waals surface area contributed by atoms with Gasteiger partial charge < -0.3 is 10.2 Å². The molecule has 292 valence electrons. The number of nitrogens with zero attached hydrogens (tertiary/aromatic N) is 1. The van der Waals surface area contributed by atoms with E-state index in [4.69, 9.17) is 0 Å². The third kappa shape index (κ3) is 4.80. The molecule has 10 aliphatic rings. The number of carbonyl (C=O) groups excluding carboxylic acids is 1. The molecule has 8 atom stereocenters. The van der Waals surface area contributed by atoms with Crippen LogP contribution >= 0.6 is 22.7 Å². The fourth-order valence-electron chi connectivity index (χ4n) is 15.7. The van der Waals surface area contributed by atoms with Gasteiger partial charge in [0.2, 0.25) is 0 Å². The van der Waals surface area contributed by atoms with Gasteiger partial charge in [0.15, 0.2) is 5.78 Å². The van der Waals surface area contributed by atoms with Crippen molar-refractivity contribution in [2.75, 3.05) is 13.1 Å². The first kappa shape index (κ1) is 36.0. The number of aliphatic hydroxyl groups excluding tert-OH is 1. The van der Waals surface area contributed by atoms with Crippen molar-refractivity contribution in [3.8, 4) is 0 Å². The van der Waals surface area contributed by atoms with E-state index < -0.39 is 38.0 Å². The van der Waals surface area contributed by atoms with Crippen LogP contribution in [0, 0.1) is 56.7 Å². The van der Waals surface area contributed by atoms with Gasteiger partial charge in [-0.3, -0.25) is 4.79 Å². The molecule has 2 spiro atoms. The van der Waals surface area contributed by atoms with E-state index in [0.29, 0.717) is 41.3 Å². The second kappa shape index (κ2) is 11.7. The summed E-state index contributed by atoms with van der Waals surface area (Å²) in [6.45, 7) is 5.26. The molecule has 1 aromatic carbocycles. The highest BCUT2D eigenvalue weighted by Gasteiger charge is 2.75. The Kier molecular flexibility index (Phi) is 7.68. The van der Waals surface area contributed by atoms with E-state index in [-0.39, 0.29) is 35.0 Å². The number of sulfonamides is 1. The van der Waals surface area contributed by atoms with E-state index in [1.165, 1.54) is 30.6 Å². The Labute approximate surface area is 334 Å². The van der Waals surface area contributed by atoms with E-state index in [1.54, 1.807) is 21.7 Å². The molecule has 6 bridgehead atoms. The Morgan fingerprint density at radius 2 is 1.55 bits per heavy atom. The van der Waals surface area contributed by atoms with E-state index in [0.717, 1.165) is 71.9 Å². The zero-order valence-corrected chi connectivity index (χ0v) is 34.7. The van der Waals surface area contributed by atoms with Crippen LogP contribution in [-0.2, 0) is 10.0 Å². The first-order chi connectivity index (χ1) is 26.2. The first-order valence-corrected chi connectivity index (χ1v) is 24.3. The van der Waals surface area contributed by atoms with Crippen molar-refractivity contribution in [1.82, 2.24) is 4.31 Å². The molecule has 13 rings (SSSR count). The summed E-state index contributed by atoms with van der Waals surface area (Å²) in [7, 11) is -3.84. The van der Waals surface area contributed by atoms with Gasteiger partial charge in [0, 0.05) is 39.6 Å². The smallest absolute Gasteiger partial charge is 0.252 e. The zero-order chi connectivity index (χ0) is 37.8. The van der Waals surface area contributed by atoms with Crippen LogP contribution < -0.4 is 0 Å². The van der Waals surface area contributed by atoms with Gasteiger partial charge in [0.25, 0.3) is 10.0 Å². The van der Waals surface area contributed by atoms with Crippen LogP contribution in [0.15, 0.2) is 75.9 Å². The number of thiophene rings is 2. The SMILES string of the molecule is C[C@]12CC[C@H]3[C@]4(C=C[C@@]5(C=C4C(=O)c4cc6ccccc6s4)CC(O)CC[C@]35C)[C@@H]1CC[C@@]2(O)CN(CC12CC3CC(CC(C3)C1)C2)S(=O)(=O)c1cccs1. The number of ketones is 1. The van der Waals surface area contributed by atoms with Crippen LogP contribution in [0.5, 0.6) is 0 Å². The second-order valence-corrected chi connectivity index (χ2v) is 24.6. The molecule has 10 aliphatic carbocycles. The van der Waals surface area contributed by atoms with Gasteiger partial charge in [-0.2, -0.15) is 4.31 Å². The number of hydrogen-bond acceptors (Lipinski definition) is 7. The first-order valence-electron chi connectivity index (χ1n) is 21.1. The summed E-state index contributed by atoms with van der Waals surface area (Å²) in [5.41, 5.74) is -2.13. The van der Waals surface area contributed by atoms with Crippen molar-refractivity contribution in [1.29, 1.82) is 0 Å². The van der Waals surface area contributed by atoms with Crippen LogP contribution in [0.2, 0.25) is 0 Å². The highest BCUT2D eigenvalue weighted by molar-refractivity contribution is 7.91. The van der Waals surface area contributed by atoms with Gasteiger partial charge in [0.05, 0.1) is 16.6 Å². The number of Topliss-reactive ketones (excluding diaryl/α,β-unsaturated/α-hetero) is 1. The Morgan fingerprint density at radius 3 is 2.25 bits per heavy atom. The molecule has 0 amide bonds. The molecule has 9 heteroatoms. The van der Waals surface area contributed by atoms with Crippen molar-refractivity contribution in [2.24, 2.45) is 56.7 Å². The quantitative estimate of drug-likeness (QED) is 0.175. The predicted octanol–water partition coefficient (Wildman–Crippen LogP) is 9.64. The summed E-state index contributed by atoms with van der Waals surface area (Å²) in [5, 5.41) is 27.5. The van der Waals surface area contributed by atoms with Crippen LogP contribution in [0.4, 0.5) is 0 Å². The highest BCUT2D eigenvalue weighted by Crippen LogP contribution is 2.78. The van der Waals surface area contributed by atoms with E-state index in [2.05, 4.69) is 50.3 Å². The van der Waals surface area contributed by atoms with Crippen molar-refractivity contribution in [3.63, 3.8) is 0 Å². The third-order valence-corrected chi connectivity index (χ3v) is 22.1. The van der Waals surface area contributed by atoms with Crippen molar-refractivity contribution in [2.45, 2.75) is 113 Å². The van der Waals surface area contributed by atoms with Gasteiger partial charge in [0.1, 0.15) is 4.21 Å². The number of allylic oxidation sites excluding steroid dienone is 4. The summed E-state index contributed by atoms with van der Waals surface area (Å²) in [6.07, 6.45) is 19.0. The molecule has 2 aromatic heterocycles. The lowest BCUT2D eigenvalue weighted by Crippen LogP contribution is -2.67. The van der Waals surface area contributed by atoms with Gasteiger partial charge in [-0.05, 0) is 153 Å². The van der Waals surface area contributed by atoms with E-state index in [9.17, 15) is 18.6 Å². The lowest BCUT2D eigenvalue weighted by molar-refractivity contribution is -0.175. The Morgan fingerprint density at radius 1 is 0.855 bits per heavy atom. The normalized spacial score (nSPS) is 45.1. The molecule has 7 fully saturated rings. The summed E-state index contributed by atoms with van der Waals surface area (Å²) < 4.78 is 32.8. The number of benzene rings is 1. The number of aliphatic hydroxyl groups is 2. The topological polar surface area (TPSA) is 94.9 Å². The summed E-state index contributed by atoms with van der Waals surface area (Å²) >= 11 is 2.85. The van der Waals surface area contributed by atoms with Crippen molar-refractivity contribution in [3.05, 3.63) is 76.5 Å². The molecule has 0 aliphatic heterocycles. The molecule has 55 heavy (non-hydrogen) atoms. The standard InChI is InChI=1S/C46H55NO5S3/c1-41-12-9-33(48)25-44(41)15-16-46(34(26-44)40(49)36-21-32-6-3-4-7-35(32)54-36)37(41)10-13-42(2)38(46)11-14-45(42,50)28-47(55(51,52)39-8-5-17-53-39)27-43-22-29-18-30(23-43)20-31(19-29)24-43/h3-8,15-17,21,26,29-31,33,37-38,48,50H,9-14,18-20,22-25,27-28H2,1-2H3/t29?,30?,31?,33?,37-,38-,41-,42+,43?,44+,45-,46-/m1/s1. The van der Waals surface area contributed by atoms with Gasteiger partial charge >= 0.3 is 0 Å². The molecule has 1 unspecified atom stereocenters. The van der Waals surface area contributed by atoms with Crippen molar-refractivity contribution >= 4 is 48.6 Å². The average molecular weight is 798 g/mol. The maximum atomic E-state index is 15.2. The molecule has 6 nitrogen and oxygen atoms in total. The van der Waals surface area contributed by atoms with Crippen LogP contribution in [0.25, 0.3) is 10.1 Å². The molecular formula is C46H55NO5S3. The maximum Gasteiger partial charge on any atom is 0.252 e. The summed E-state index contributed by atoms with van der Waals surface area (Å²) in [6, 6.07) is 13.8. The van der Waals surface area contributed by atoms with Crippen LogP contribution in [0.3, 0.4) is 0 Å². The molecule has 2 heterocycles. The van der Waals surface area contributed by atoms with Gasteiger partial charge in [-0.25, -0.2) is 8.42 Å². The largest absolute Gasteiger partial charge is 0.393 e. The Balaban J connectivity index is 1.01. The van der Waals surface area contributed by atoms with Gasteiger partial charge in [-0.1, -0.05) is 56.3 Å². The van der Waals surface area contributed by atoms with E-state index in [1.807, 2.05) is 23.6 Å². The number of rotatable bonds is 8. The minimum atomic E-state index is -3.84. The molecule has 0 saturated heterocycles. The molecule has 0 radical (unpaired) electrons.